The Morgan fingerprint density at radius 1 is 0.857 bits per heavy atom. The van der Waals surface area contributed by atoms with E-state index in [4.69, 9.17) is 0 Å². The van der Waals surface area contributed by atoms with Crippen molar-refractivity contribution in [3.8, 4) is 0 Å². The molecule has 0 amide bonds. The highest BCUT2D eigenvalue weighted by atomic mass is 14.7. The highest BCUT2D eigenvalue weighted by molar-refractivity contribution is 6.15. The Hall–Kier alpha value is -1.63. The molecule has 2 rings (SSSR count). The lowest BCUT2D eigenvalue weighted by atomic mass is 10.1. The minimum Gasteiger partial charge on any atom is -0.249 e. The van der Waals surface area contributed by atoms with Crippen LogP contribution in [0.4, 0.5) is 5.69 Å². The smallest absolute Gasteiger partial charge is 0.0695 e. The molecule has 1 aliphatic rings. The molecule has 0 aliphatic heterocycles. The van der Waals surface area contributed by atoms with E-state index < -0.39 is 0 Å². The first kappa shape index (κ1) is 8.95. The fourth-order valence-corrected chi connectivity index (χ4v) is 1.53. The third-order valence-electron chi connectivity index (χ3n) is 2.33. The number of nitrogens with zero attached hydrogens (tertiary/aromatic N) is 1. The molecule has 1 aromatic carbocycles. The molecule has 0 radical (unpaired) electrons. The lowest BCUT2D eigenvalue weighted by Crippen LogP contribution is -1.96. The maximum absolute atomic E-state index is 4.60. The molecule has 0 spiro atoms. The van der Waals surface area contributed by atoms with Crippen LogP contribution in [0.15, 0.2) is 58.6 Å². The van der Waals surface area contributed by atoms with Gasteiger partial charge in [-0.1, -0.05) is 30.4 Å². The van der Waals surface area contributed by atoms with Gasteiger partial charge in [-0.25, -0.2) is 4.99 Å². The van der Waals surface area contributed by atoms with E-state index in [1.807, 2.05) is 30.3 Å². The second-order valence-corrected chi connectivity index (χ2v) is 3.50. The van der Waals surface area contributed by atoms with Crippen molar-refractivity contribution < 1.29 is 0 Å². The van der Waals surface area contributed by atoms with Crippen LogP contribution in [0, 0.1) is 0 Å². The molecule has 1 aliphatic carbocycles. The molecule has 1 aromatic rings. The van der Waals surface area contributed by atoms with E-state index in [-0.39, 0.29) is 0 Å². The highest BCUT2D eigenvalue weighted by Gasteiger charge is 2.09. The van der Waals surface area contributed by atoms with Gasteiger partial charge in [0.05, 0.1) is 11.4 Å². The predicted molar refractivity (Wildman–Crippen MR) is 61.1 cm³/mol. The zero-order valence-electron chi connectivity index (χ0n) is 8.49. The molecule has 0 unspecified atom stereocenters. The SMILES string of the molecule is CC1=CC=C(C)C1=Nc1ccccc1. The van der Waals surface area contributed by atoms with E-state index in [1.165, 1.54) is 11.1 Å². The van der Waals surface area contributed by atoms with Crippen LogP contribution >= 0.6 is 0 Å². The maximum Gasteiger partial charge on any atom is 0.0695 e. The van der Waals surface area contributed by atoms with Crippen molar-refractivity contribution in [2.45, 2.75) is 13.8 Å². The van der Waals surface area contributed by atoms with Gasteiger partial charge in [0.15, 0.2) is 0 Å². The van der Waals surface area contributed by atoms with Crippen LogP contribution in [-0.2, 0) is 0 Å². The molecule has 0 aromatic heterocycles. The van der Waals surface area contributed by atoms with Crippen LogP contribution < -0.4 is 0 Å². The average molecular weight is 183 g/mol. The number of hydrogen-bond acceptors (Lipinski definition) is 1. The molecular weight excluding hydrogens is 170 g/mol. The first-order chi connectivity index (χ1) is 6.77. The van der Waals surface area contributed by atoms with E-state index in [0.29, 0.717) is 0 Å². The predicted octanol–water partition coefficient (Wildman–Crippen LogP) is 3.67. The third kappa shape index (κ3) is 1.67. The van der Waals surface area contributed by atoms with Crippen LogP contribution in [0.25, 0.3) is 0 Å². The van der Waals surface area contributed by atoms with E-state index in [1.54, 1.807) is 0 Å². The molecule has 70 valence electrons. The topological polar surface area (TPSA) is 12.4 Å². The maximum atomic E-state index is 4.60. The van der Waals surface area contributed by atoms with Crippen molar-refractivity contribution >= 4 is 11.4 Å². The zero-order chi connectivity index (χ0) is 9.97. The van der Waals surface area contributed by atoms with Gasteiger partial charge in [-0.3, -0.25) is 0 Å². The van der Waals surface area contributed by atoms with Crippen LogP contribution in [0.2, 0.25) is 0 Å². The number of allylic oxidation sites excluding steroid dienone is 4. The summed E-state index contributed by atoms with van der Waals surface area (Å²) in [5.74, 6) is 0. The Morgan fingerprint density at radius 3 is 2.00 bits per heavy atom. The normalized spacial score (nSPS) is 15.1. The molecule has 0 saturated carbocycles. The third-order valence-corrected chi connectivity index (χ3v) is 2.33. The number of rotatable bonds is 1. The van der Waals surface area contributed by atoms with Gasteiger partial charge < -0.3 is 0 Å². The van der Waals surface area contributed by atoms with Crippen LogP contribution in [0.5, 0.6) is 0 Å². The molecule has 0 fully saturated rings. The monoisotopic (exact) mass is 183 g/mol. The summed E-state index contributed by atoms with van der Waals surface area (Å²) in [6.45, 7) is 4.18. The lowest BCUT2D eigenvalue weighted by Gasteiger charge is -2.01. The number of hydrogen-bond donors (Lipinski definition) is 0. The van der Waals surface area contributed by atoms with Crippen molar-refractivity contribution in [1.29, 1.82) is 0 Å². The van der Waals surface area contributed by atoms with Gasteiger partial charge in [0.2, 0.25) is 0 Å². The molecule has 1 heteroatoms. The van der Waals surface area contributed by atoms with Gasteiger partial charge in [-0.05, 0) is 37.1 Å². The van der Waals surface area contributed by atoms with E-state index in [2.05, 4.69) is 31.0 Å². The van der Waals surface area contributed by atoms with Crippen molar-refractivity contribution in [3.05, 3.63) is 53.6 Å². The summed E-state index contributed by atoms with van der Waals surface area (Å²) in [5, 5.41) is 0. The number of para-hydroxylation sites is 1. The van der Waals surface area contributed by atoms with E-state index in [0.717, 1.165) is 11.4 Å². The molecule has 0 saturated heterocycles. The molecule has 1 nitrogen and oxygen atoms in total. The fourth-order valence-electron chi connectivity index (χ4n) is 1.53. The molecule has 14 heavy (non-hydrogen) atoms. The van der Waals surface area contributed by atoms with Gasteiger partial charge >= 0.3 is 0 Å². The minimum absolute atomic E-state index is 1.02. The van der Waals surface area contributed by atoms with Gasteiger partial charge in [0.25, 0.3) is 0 Å². The van der Waals surface area contributed by atoms with Crippen molar-refractivity contribution in [1.82, 2.24) is 0 Å². The van der Waals surface area contributed by atoms with Crippen molar-refractivity contribution in [2.75, 3.05) is 0 Å². The first-order valence-electron chi connectivity index (χ1n) is 4.77. The average Bonchev–Trinajstić information content (AvgIpc) is 2.51. The molecule has 0 bridgehead atoms. The standard InChI is InChI=1S/C13H13N/c1-10-8-9-11(2)13(10)14-12-6-4-3-5-7-12/h3-9H,1-2H3. The quantitative estimate of drug-likeness (QED) is 0.630. The summed E-state index contributed by atoms with van der Waals surface area (Å²) in [7, 11) is 0. The largest absolute Gasteiger partial charge is 0.249 e. The second-order valence-electron chi connectivity index (χ2n) is 3.50. The van der Waals surface area contributed by atoms with Gasteiger partial charge in [0.1, 0.15) is 0 Å². The van der Waals surface area contributed by atoms with Gasteiger partial charge in [0, 0.05) is 0 Å². The number of aliphatic imine (C=N–C) groups is 1. The Labute approximate surface area is 84.5 Å². The van der Waals surface area contributed by atoms with Gasteiger partial charge in [-0.2, -0.15) is 0 Å². The first-order valence-corrected chi connectivity index (χ1v) is 4.77. The fraction of sp³-hybridized carbons (Fsp3) is 0.154. The molecule has 0 atom stereocenters. The lowest BCUT2D eigenvalue weighted by molar-refractivity contribution is 1.46. The summed E-state index contributed by atoms with van der Waals surface area (Å²) in [5.41, 5.74) is 4.61. The second kappa shape index (κ2) is 3.62. The van der Waals surface area contributed by atoms with E-state index >= 15 is 0 Å². The van der Waals surface area contributed by atoms with Crippen molar-refractivity contribution in [3.63, 3.8) is 0 Å². The van der Waals surface area contributed by atoms with Crippen molar-refractivity contribution in [2.24, 2.45) is 4.99 Å². The minimum atomic E-state index is 1.02. The Morgan fingerprint density at radius 2 is 1.43 bits per heavy atom. The zero-order valence-corrected chi connectivity index (χ0v) is 8.49. The van der Waals surface area contributed by atoms with Crippen LogP contribution in [0.3, 0.4) is 0 Å². The molecule has 0 heterocycles. The Balaban J connectivity index is 2.37. The summed E-state index contributed by atoms with van der Waals surface area (Å²) in [6.07, 6.45) is 4.22. The summed E-state index contributed by atoms with van der Waals surface area (Å²) in [6, 6.07) is 10.1. The molecular formula is C13H13N. The summed E-state index contributed by atoms with van der Waals surface area (Å²) >= 11 is 0. The van der Waals surface area contributed by atoms with Gasteiger partial charge in [-0.15, -0.1) is 0 Å². The van der Waals surface area contributed by atoms with Crippen LogP contribution in [0.1, 0.15) is 13.8 Å². The Bertz CT molecular complexity index is 402. The molecule has 0 N–H and O–H groups in total. The summed E-state index contributed by atoms with van der Waals surface area (Å²) < 4.78 is 0. The number of benzene rings is 1. The summed E-state index contributed by atoms with van der Waals surface area (Å²) in [4.78, 5) is 4.60. The van der Waals surface area contributed by atoms with E-state index in [9.17, 15) is 0 Å². The Kier molecular flexibility index (Phi) is 2.32. The van der Waals surface area contributed by atoms with Crippen LogP contribution in [-0.4, -0.2) is 5.71 Å². The highest BCUT2D eigenvalue weighted by Crippen LogP contribution is 2.20.